The molecule has 2 aliphatic rings. The van der Waals surface area contributed by atoms with E-state index in [1.54, 1.807) is 13.0 Å². The predicted molar refractivity (Wildman–Crippen MR) is 114 cm³/mol. The van der Waals surface area contributed by atoms with Gasteiger partial charge in [-0.25, -0.2) is 4.79 Å². The van der Waals surface area contributed by atoms with Crippen molar-refractivity contribution in [3.63, 3.8) is 0 Å². The Bertz CT molecular complexity index is 941. The number of nitrogens with one attached hydrogen (secondary N) is 2. The summed E-state index contributed by atoms with van der Waals surface area (Å²) in [6.07, 6.45) is 11.6. The van der Waals surface area contributed by atoms with Crippen LogP contribution < -0.4 is 5.32 Å². The number of aromatic nitrogens is 1. The summed E-state index contributed by atoms with van der Waals surface area (Å²) in [7, 11) is 0. The Morgan fingerprint density at radius 3 is 2.79 bits per heavy atom. The van der Waals surface area contributed by atoms with Crippen LogP contribution in [0.15, 0.2) is 29.8 Å². The third-order valence-electron chi connectivity index (χ3n) is 6.12. The van der Waals surface area contributed by atoms with Crippen molar-refractivity contribution in [3.05, 3.63) is 46.7 Å². The molecule has 0 radical (unpaired) electrons. The zero-order valence-electron chi connectivity index (χ0n) is 17.2. The molecule has 1 heterocycles. The summed E-state index contributed by atoms with van der Waals surface area (Å²) in [6, 6.07) is 5.61. The van der Waals surface area contributed by atoms with E-state index < -0.39 is 12.1 Å². The number of aromatic amines is 1. The first kappa shape index (κ1) is 19.7. The number of carbonyl (C=O) groups is 2. The number of ether oxygens (including phenoxy) is 1. The van der Waals surface area contributed by atoms with Gasteiger partial charge in [0.15, 0.2) is 6.10 Å². The molecule has 4 rings (SSSR count). The van der Waals surface area contributed by atoms with Crippen molar-refractivity contribution in [2.45, 2.75) is 70.8 Å². The molecule has 0 bridgehead atoms. The summed E-state index contributed by atoms with van der Waals surface area (Å²) in [5, 5.41) is 3.99. The molecule has 1 aromatic carbocycles. The lowest BCUT2D eigenvalue weighted by molar-refractivity contribution is -0.129. The van der Waals surface area contributed by atoms with Gasteiger partial charge in [0.1, 0.15) is 0 Å². The van der Waals surface area contributed by atoms with Gasteiger partial charge < -0.3 is 15.0 Å². The zero-order chi connectivity index (χ0) is 20.2. The number of esters is 1. The molecule has 2 aromatic rings. The van der Waals surface area contributed by atoms with Gasteiger partial charge in [-0.05, 0) is 88.5 Å². The lowest BCUT2D eigenvalue weighted by Gasteiger charge is -2.16. The molecule has 1 unspecified atom stereocenters. The van der Waals surface area contributed by atoms with E-state index in [2.05, 4.69) is 16.4 Å². The molecule has 2 N–H and O–H groups in total. The number of amides is 1. The van der Waals surface area contributed by atoms with Crippen molar-refractivity contribution in [1.82, 2.24) is 10.3 Å². The van der Waals surface area contributed by atoms with E-state index in [0.717, 1.165) is 43.0 Å². The lowest BCUT2D eigenvalue weighted by atomic mass is 9.95. The fourth-order valence-electron chi connectivity index (χ4n) is 4.44. The first-order chi connectivity index (χ1) is 14.1. The van der Waals surface area contributed by atoms with E-state index in [-0.39, 0.29) is 5.91 Å². The largest absolute Gasteiger partial charge is 0.449 e. The molecule has 154 valence electrons. The summed E-state index contributed by atoms with van der Waals surface area (Å²) in [5.74, 6) is -0.690. The molecule has 0 spiro atoms. The highest BCUT2D eigenvalue weighted by Crippen LogP contribution is 2.30. The number of benzene rings is 1. The molecule has 29 heavy (non-hydrogen) atoms. The van der Waals surface area contributed by atoms with Crippen molar-refractivity contribution in [3.8, 4) is 0 Å². The summed E-state index contributed by atoms with van der Waals surface area (Å²) in [4.78, 5) is 28.4. The Hall–Kier alpha value is -2.56. The van der Waals surface area contributed by atoms with Crippen molar-refractivity contribution in [2.24, 2.45) is 0 Å². The van der Waals surface area contributed by atoms with Gasteiger partial charge in [-0.15, -0.1) is 0 Å². The number of aryl methyl sites for hydroxylation is 2. The average molecular weight is 395 g/mol. The van der Waals surface area contributed by atoms with E-state index in [1.165, 1.54) is 42.5 Å². The van der Waals surface area contributed by atoms with Crippen molar-refractivity contribution in [1.29, 1.82) is 0 Å². The lowest BCUT2D eigenvalue weighted by Crippen LogP contribution is -2.36. The first-order valence-corrected chi connectivity index (χ1v) is 10.9. The van der Waals surface area contributed by atoms with Crippen molar-refractivity contribution in [2.75, 3.05) is 6.54 Å². The Kier molecular flexibility index (Phi) is 6.02. The predicted octanol–water partition coefficient (Wildman–Crippen LogP) is 4.60. The molecule has 0 fully saturated rings. The van der Waals surface area contributed by atoms with Crippen LogP contribution in [0.2, 0.25) is 0 Å². The van der Waals surface area contributed by atoms with Crippen molar-refractivity contribution < 1.29 is 14.3 Å². The fourth-order valence-corrected chi connectivity index (χ4v) is 4.44. The minimum atomic E-state index is -0.807. The highest BCUT2D eigenvalue weighted by molar-refractivity contribution is 5.97. The smallest absolute Gasteiger partial charge is 0.338 e. The second-order valence-corrected chi connectivity index (χ2v) is 8.25. The molecular formula is C24H30N2O3. The third kappa shape index (κ3) is 4.55. The van der Waals surface area contributed by atoms with Crippen LogP contribution in [-0.2, 0) is 22.4 Å². The van der Waals surface area contributed by atoms with E-state index in [4.69, 9.17) is 4.74 Å². The highest BCUT2D eigenvalue weighted by atomic mass is 16.5. The summed E-state index contributed by atoms with van der Waals surface area (Å²) < 4.78 is 5.43. The van der Waals surface area contributed by atoms with Gasteiger partial charge >= 0.3 is 5.97 Å². The highest BCUT2D eigenvalue weighted by Gasteiger charge is 2.21. The number of carbonyl (C=O) groups excluding carboxylic acids is 2. The SMILES string of the molecule is CC(OC(=O)c1ccc2[nH]c3c(c2c1)CCCC3)C(=O)NCCC1=CCCCC1. The number of hydrogen-bond donors (Lipinski definition) is 2. The van der Waals surface area contributed by atoms with Crippen LogP contribution >= 0.6 is 0 Å². The molecule has 0 saturated carbocycles. The zero-order valence-corrected chi connectivity index (χ0v) is 17.2. The second-order valence-electron chi connectivity index (χ2n) is 8.25. The van der Waals surface area contributed by atoms with Gasteiger partial charge in [-0.3, -0.25) is 4.79 Å². The number of H-pyrrole nitrogens is 1. The molecule has 0 saturated heterocycles. The molecule has 0 aliphatic heterocycles. The number of allylic oxidation sites excluding steroid dienone is 1. The Morgan fingerprint density at radius 1 is 1.14 bits per heavy atom. The van der Waals surface area contributed by atoms with Gasteiger partial charge in [0.2, 0.25) is 0 Å². The van der Waals surface area contributed by atoms with E-state index in [9.17, 15) is 9.59 Å². The second kappa shape index (κ2) is 8.85. The maximum Gasteiger partial charge on any atom is 0.338 e. The molecular weight excluding hydrogens is 364 g/mol. The monoisotopic (exact) mass is 394 g/mol. The van der Waals surface area contributed by atoms with Gasteiger partial charge in [-0.2, -0.15) is 0 Å². The van der Waals surface area contributed by atoms with Gasteiger partial charge in [0.25, 0.3) is 5.91 Å². The molecule has 1 atom stereocenters. The Balaban J connectivity index is 1.34. The first-order valence-electron chi connectivity index (χ1n) is 10.9. The standard InChI is InChI=1S/C24H30N2O3/c1-16(23(27)25-14-13-17-7-3-2-4-8-17)29-24(28)18-11-12-22-20(15-18)19-9-5-6-10-21(19)26-22/h7,11-12,15-16,26H,2-6,8-10,13-14H2,1H3,(H,25,27). The molecule has 2 aliphatic carbocycles. The fraction of sp³-hybridized carbons (Fsp3) is 0.500. The average Bonchev–Trinajstić information content (AvgIpc) is 3.12. The van der Waals surface area contributed by atoms with Crippen LogP contribution in [0, 0.1) is 0 Å². The summed E-state index contributed by atoms with van der Waals surface area (Å²) in [5.41, 5.74) is 5.60. The topological polar surface area (TPSA) is 71.2 Å². The minimum Gasteiger partial charge on any atom is -0.449 e. The van der Waals surface area contributed by atoms with Crippen molar-refractivity contribution >= 4 is 22.8 Å². The van der Waals surface area contributed by atoms with Crippen LogP contribution in [0.5, 0.6) is 0 Å². The van der Waals surface area contributed by atoms with E-state index in [0.29, 0.717) is 12.1 Å². The van der Waals surface area contributed by atoms with Gasteiger partial charge in [0.05, 0.1) is 5.56 Å². The van der Waals surface area contributed by atoms with Gasteiger partial charge in [0, 0.05) is 23.1 Å². The Morgan fingerprint density at radius 2 is 1.97 bits per heavy atom. The van der Waals surface area contributed by atoms with E-state index in [1.807, 2.05) is 12.1 Å². The maximum absolute atomic E-state index is 12.6. The number of hydrogen-bond acceptors (Lipinski definition) is 3. The normalized spacial score (nSPS) is 17.3. The van der Waals surface area contributed by atoms with Gasteiger partial charge in [-0.1, -0.05) is 11.6 Å². The van der Waals surface area contributed by atoms with Crippen LogP contribution in [0.25, 0.3) is 10.9 Å². The minimum absolute atomic E-state index is 0.241. The van der Waals surface area contributed by atoms with Crippen LogP contribution in [0.3, 0.4) is 0 Å². The molecule has 1 aromatic heterocycles. The Labute approximate surface area is 171 Å². The molecule has 1 amide bonds. The van der Waals surface area contributed by atoms with Crippen LogP contribution in [-0.4, -0.2) is 29.5 Å². The quantitative estimate of drug-likeness (QED) is 0.556. The summed E-state index contributed by atoms with van der Waals surface area (Å²) in [6.45, 7) is 2.22. The van der Waals surface area contributed by atoms with Crippen LogP contribution in [0.4, 0.5) is 0 Å². The molecule has 5 heteroatoms. The van der Waals surface area contributed by atoms with Crippen LogP contribution in [0.1, 0.15) is 73.5 Å². The number of rotatable bonds is 6. The molecule has 5 nitrogen and oxygen atoms in total. The summed E-state index contributed by atoms with van der Waals surface area (Å²) >= 11 is 0. The van der Waals surface area contributed by atoms with E-state index >= 15 is 0 Å². The third-order valence-corrected chi connectivity index (χ3v) is 6.12. The number of fused-ring (bicyclic) bond motifs is 3. The maximum atomic E-state index is 12.6.